The smallest absolute Gasteiger partial charge is 0.223 e. The van der Waals surface area contributed by atoms with Gasteiger partial charge in [0.15, 0.2) is 5.13 Å². The lowest BCUT2D eigenvalue weighted by atomic mass is 9.96. The lowest BCUT2D eigenvalue weighted by Crippen LogP contribution is -2.41. The molecule has 0 atom stereocenters. The molecule has 0 unspecified atom stereocenters. The molecule has 1 amide bonds. The molecule has 0 spiro atoms. The molecular formula is C22H26N4O3S. The minimum Gasteiger partial charge on any atom is -0.497 e. The van der Waals surface area contributed by atoms with E-state index in [0.717, 1.165) is 58.4 Å². The molecule has 0 saturated carbocycles. The minimum absolute atomic E-state index is 0.0604. The third-order valence-electron chi connectivity index (χ3n) is 5.35. The van der Waals surface area contributed by atoms with Gasteiger partial charge >= 0.3 is 0 Å². The number of hydrogen-bond donors (Lipinski definition) is 1. The molecule has 1 N–H and O–H groups in total. The zero-order valence-corrected chi connectivity index (χ0v) is 18.1. The van der Waals surface area contributed by atoms with E-state index in [2.05, 4.69) is 10.2 Å². The van der Waals surface area contributed by atoms with Crippen LogP contribution in [0.2, 0.25) is 0 Å². The van der Waals surface area contributed by atoms with Crippen LogP contribution in [0.1, 0.15) is 12.8 Å². The Morgan fingerprint density at radius 1 is 1.20 bits per heavy atom. The molecule has 0 bridgehead atoms. The van der Waals surface area contributed by atoms with Gasteiger partial charge in [-0.1, -0.05) is 23.5 Å². The Morgan fingerprint density at radius 2 is 2.03 bits per heavy atom. The van der Waals surface area contributed by atoms with Crippen molar-refractivity contribution in [3.05, 3.63) is 36.4 Å². The Labute approximate surface area is 180 Å². The van der Waals surface area contributed by atoms with Crippen LogP contribution in [0.15, 0.2) is 36.4 Å². The van der Waals surface area contributed by atoms with Crippen LogP contribution in [0.25, 0.3) is 21.6 Å². The van der Waals surface area contributed by atoms with Crippen molar-refractivity contribution in [3.8, 4) is 17.0 Å². The molecule has 1 aromatic carbocycles. The summed E-state index contributed by atoms with van der Waals surface area (Å²) in [6.45, 7) is 2.76. The van der Waals surface area contributed by atoms with Crippen molar-refractivity contribution < 1.29 is 14.3 Å². The predicted molar refractivity (Wildman–Crippen MR) is 119 cm³/mol. The van der Waals surface area contributed by atoms with E-state index < -0.39 is 0 Å². The summed E-state index contributed by atoms with van der Waals surface area (Å²) in [6, 6.07) is 11.9. The highest BCUT2D eigenvalue weighted by Gasteiger charge is 2.26. The number of ether oxygens (including phenoxy) is 2. The van der Waals surface area contributed by atoms with Gasteiger partial charge in [0.1, 0.15) is 16.1 Å². The van der Waals surface area contributed by atoms with E-state index in [4.69, 9.17) is 19.4 Å². The Hall–Kier alpha value is -2.71. The number of anilines is 1. The summed E-state index contributed by atoms with van der Waals surface area (Å²) >= 11 is 1.60. The lowest BCUT2D eigenvalue weighted by Gasteiger charge is -2.30. The average molecular weight is 427 g/mol. The summed E-state index contributed by atoms with van der Waals surface area (Å²) in [5.41, 5.74) is 2.83. The summed E-state index contributed by atoms with van der Waals surface area (Å²) < 4.78 is 10.3. The van der Waals surface area contributed by atoms with Crippen LogP contribution in [0.4, 0.5) is 5.13 Å². The van der Waals surface area contributed by atoms with E-state index >= 15 is 0 Å². The third-order valence-corrected chi connectivity index (χ3v) is 6.38. The van der Waals surface area contributed by atoms with Gasteiger partial charge in [-0.05, 0) is 37.1 Å². The van der Waals surface area contributed by atoms with Crippen LogP contribution in [-0.4, -0.2) is 56.3 Å². The highest BCUT2D eigenvalue weighted by atomic mass is 32.1. The van der Waals surface area contributed by atoms with Gasteiger partial charge in [0, 0.05) is 38.2 Å². The summed E-state index contributed by atoms with van der Waals surface area (Å²) in [5.74, 6) is 0.999. The largest absolute Gasteiger partial charge is 0.497 e. The molecule has 7 nitrogen and oxygen atoms in total. The van der Waals surface area contributed by atoms with Gasteiger partial charge in [-0.3, -0.25) is 4.79 Å². The van der Waals surface area contributed by atoms with E-state index in [1.54, 1.807) is 25.6 Å². The van der Waals surface area contributed by atoms with Crippen LogP contribution in [-0.2, 0) is 9.53 Å². The van der Waals surface area contributed by atoms with Gasteiger partial charge in [-0.15, -0.1) is 0 Å². The molecule has 1 fully saturated rings. The number of piperidine rings is 1. The van der Waals surface area contributed by atoms with Crippen molar-refractivity contribution in [2.24, 2.45) is 5.92 Å². The zero-order chi connectivity index (χ0) is 20.9. The topological polar surface area (TPSA) is 76.6 Å². The summed E-state index contributed by atoms with van der Waals surface area (Å²) in [5, 5.41) is 3.92. The number of aromatic nitrogens is 2. The first kappa shape index (κ1) is 20.6. The third kappa shape index (κ3) is 4.55. The number of methoxy groups -OCH3 is 2. The number of nitrogens with zero attached hydrogens (tertiary/aromatic N) is 3. The van der Waals surface area contributed by atoms with Gasteiger partial charge in [0.25, 0.3) is 0 Å². The Morgan fingerprint density at radius 3 is 2.80 bits per heavy atom. The molecule has 2 aromatic heterocycles. The standard InChI is InChI=1S/C22H26N4O3S/c1-28-13-10-23-20(27)15-8-11-26(12-9-15)22-25-19-7-6-18(24-21(19)30-22)16-4-3-5-17(14-16)29-2/h3-7,14-15H,8-13H2,1-2H3,(H,23,27). The lowest BCUT2D eigenvalue weighted by molar-refractivity contribution is -0.125. The predicted octanol–water partition coefficient (Wildman–Crippen LogP) is 3.35. The molecule has 1 saturated heterocycles. The maximum absolute atomic E-state index is 12.3. The second kappa shape index (κ2) is 9.40. The molecule has 1 aliphatic heterocycles. The number of nitrogens with one attached hydrogen (secondary N) is 1. The number of fused-ring (bicyclic) bond motifs is 1. The van der Waals surface area contributed by atoms with Crippen molar-refractivity contribution in [1.82, 2.24) is 15.3 Å². The van der Waals surface area contributed by atoms with Crippen molar-refractivity contribution in [3.63, 3.8) is 0 Å². The van der Waals surface area contributed by atoms with Gasteiger partial charge in [0.05, 0.1) is 19.4 Å². The molecule has 8 heteroatoms. The van der Waals surface area contributed by atoms with Gasteiger partial charge < -0.3 is 19.7 Å². The first-order valence-corrected chi connectivity index (χ1v) is 10.9. The molecule has 30 heavy (non-hydrogen) atoms. The molecular weight excluding hydrogens is 400 g/mol. The second-order valence-corrected chi connectivity index (χ2v) is 8.25. The molecule has 158 valence electrons. The van der Waals surface area contributed by atoms with E-state index in [9.17, 15) is 4.79 Å². The normalized spacial score (nSPS) is 14.8. The number of carbonyl (C=O) groups excluding carboxylic acids is 1. The molecule has 1 aliphatic rings. The number of rotatable bonds is 7. The number of thiazole rings is 1. The van der Waals surface area contributed by atoms with E-state index in [1.165, 1.54) is 0 Å². The minimum atomic E-state index is 0.0604. The fourth-order valence-corrected chi connectivity index (χ4v) is 4.63. The SMILES string of the molecule is COCCNC(=O)C1CCN(c2nc3ccc(-c4cccc(OC)c4)nc3s2)CC1. The molecule has 4 rings (SSSR count). The summed E-state index contributed by atoms with van der Waals surface area (Å²) in [4.78, 5) is 25.0. The van der Waals surface area contributed by atoms with Gasteiger partial charge in [0.2, 0.25) is 5.91 Å². The highest BCUT2D eigenvalue weighted by molar-refractivity contribution is 7.21. The van der Waals surface area contributed by atoms with Crippen LogP contribution < -0.4 is 15.0 Å². The van der Waals surface area contributed by atoms with Crippen molar-refractivity contribution in [2.45, 2.75) is 12.8 Å². The first-order chi connectivity index (χ1) is 14.7. The second-order valence-electron chi connectivity index (χ2n) is 7.29. The fourth-order valence-electron chi connectivity index (χ4n) is 3.64. The van der Waals surface area contributed by atoms with E-state index in [1.807, 2.05) is 36.4 Å². The highest BCUT2D eigenvalue weighted by Crippen LogP contribution is 2.32. The molecule has 0 radical (unpaired) electrons. The number of benzene rings is 1. The first-order valence-electron chi connectivity index (χ1n) is 10.1. The number of amides is 1. The van der Waals surface area contributed by atoms with Crippen LogP contribution >= 0.6 is 11.3 Å². The van der Waals surface area contributed by atoms with Gasteiger partial charge in [-0.25, -0.2) is 9.97 Å². The Balaban J connectivity index is 1.44. The maximum atomic E-state index is 12.3. The summed E-state index contributed by atoms with van der Waals surface area (Å²) in [6.07, 6.45) is 1.66. The van der Waals surface area contributed by atoms with Gasteiger partial charge in [-0.2, -0.15) is 0 Å². The average Bonchev–Trinajstić information content (AvgIpc) is 3.23. The van der Waals surface area contributed by atoms with Crippen LogP contribution in [0, 0.1) is 5.92 Å². The molecule has 0 aliphatic carbocycles. The Kier molecular flexibility index (Phi) is 6.44. The van der Waals surface area contributed by atoms with Crippen molar-refractivity contribution in [2.75, 3.05) is 45.4 Å². The fraction of sp³-hybridized carbons (Fsp3) is 0.409. The monoisotopic (exact) mass is 426 g/mol. The van der Waals surface area contributed by atoms with Crippen LogP contribution in [0.5, 0.6) is 5.75 Å². The maximum Gasteiger partial charge on any atom is 0.223 e. The zero-order valence-electron chi connectivity index (χ0n) is 17.3. The number of carbonyl (C=O) groups is 1. The van der Waals surface area contributed by atoms with E-state index in [-0.39, 0.29) is 11.8 Å². The molecule has 3 heterocycles. The van der Waals surface area contributed by atoms with E-state index in [0.29, 0.717) is 13.2 Å². The van der Waals surface area contributed by atoms with Crippen LogP contribution in [0.3, 0.4) is 0 Å². The molecule has 3 aromatic rings. The quantitative estimate of drug-likeness (QED) is 0.584. The summed E-state index contributed by atoms with van der Waals surface area (Å²) in [7, 11) is 3.30. The Bertz CT molecular complexity index is 1010. The van der Waals surface area contributed by atoms with Crippen molar-refractivity contribution in [1.29, 1.82) is 0 Å². The van der Waals surface area contributed by atoms with Crippen molar-refractivity contribution >= 4 is 32.7 Å². The number of hydrogen-bond acceptors (Lipinski definition) is 7. The number of pyridine rings is 1.